The first-order valence-electron chi connectivity index (χ1n) is 11.0. The summed E-state index contributed by atoms with van der Waals surface area (Å²) >= 11 is 0. The van der Waals surface area contributed by atoms with Crippen LogP contribution in [0.25, 0.3) is 0 Å². The molecule has 2 fully saturated rings. The zero-order valence-corrected chi connectivity index (χ0v) is 17.5. The van der Waals surface area contributed by atoms with Crippen molar-refractivity contribution in [2.75, 3.05) is 7.11 Å². The molecule has 0 spiro atoms. The number of aliphatic hydroxyl groups is 2. The van der Waals surface area contributed by atoms with Gasteiger partial charge in [-0.3, -0.25) is 4.79 Å². The number of fused-ring (bicyclic) bond motifs is 1. The number of rotatable bonds is 12. The molecule has 4 atom stereocenters. The molecule has 0 aromatic heterocycles. The van der Waals surface area contributed by atoms with Crippen LogP contribution in [-0.2, 0) is 9.53 Å². The number of hydrogen-bond acceptors (Lipinski definition) is 4. The van der Waals surface area contributed by atoms with Gasteiger partial charge < -0.3 is 20.1 Å². The quantitative estimate of drug-likeness (QED) is 0.242. The standard InChI is InChI=1S/C23H38O5/c1-3-4-5-6-7-10-18(24)12-13-19-20-16-17(9-8-11-22(26)27)23(20,28-2)15-14-21(19)25/h9-10,19-21,24-25H,3-8,11-16H2,1-2H3,(H,26,27)/t19-,20-,21-,23+/m1/s1. The lowest BCUT2D eigenvalue weighted by Crippen LogP contribution is -2.59. The predicted octanol–water partition coefficient (Wildman–Crippen LogP) is 5.15. The Morgan fingerprint density at radius 3 is 2.68 bits per heavy atom. The van der Waals surface area contributed by atoms with Gasteiger partial charge in [-0.05, 0) is 62.5 Å². The minimum absolute atomic E-state index is 0.112. The zero-order chi connectivity index (χ0) is 20.6. The minimum atomic E-state index is -0.784. The number of unbranched alkanes of at least 4 members (excludes halogenated alkanes) is 4. The molecule has 0 bridgehead atoms. The Bertz CT molecular complexity index is 567. The van der Waals surface area contributed by atoms with Gasteiger partial charge >= 0.3 is 5.97 Å². The van der Waals surface area contributed by atoms with Crippen molar-refractivity contribution >= 4 is 5.97 Å². The van der Waals surface area contributed by atoms with Gasteiger partial charge in [0, 0.05) is 25.9 Å². The average molecular weight is 395 g/mol. The summed E-state index contributed by atoms with van der Waals surface area (Å²) in [4.78, 5) is 10.8. The van der Waals surface area contributed by atoms with Crippen LogP contribution in [0.2, 0.25) is 0 Å². The molecule has 0 unspecified atom stereocenters. The minimum Gasteiger partial charge on any atom is -0.513 e. The van der Waals surface area contributed by atoms with Gasteiger partial charge in [-0.25, -0.2) is 0 Å². The molecule has 2 rings (SSSR count). The summed E-state index contributed by atoms with van der Waals surface area (Å²) in [6.07, 6.45) is 13.6. The maximum atomic E-state index is 10.8. The van der Waals surface area contributed by atoms with Gasteiger partial charge in [0.15, 0.2) is 0 Å². The second-order valence-electron chi connectivity index (χ2n) is 8.42. The Hall–Kier alpha value is -1.33. The number of ether oxygens (including phenoxy) is 1. The number of carboxylic acids is 1. The lowest BCUT2D eigenvalue weighted by atomic mass is 9.52. The predicted molar refractivity (Wildman–Crippen MR) is 110 cm³/mol. The summed E-state index contributed by atoms with van der Waals surface area (Å²) in [7, 11) is 1.72. The first kappa shape index (κ1) is 23.0. The molecule has 160 valence electrons. The first-order chi connectivity index (χ1) is 13.4. The lowest BCUT2D eigenvalue weighted by Gasteiger charge is -2.58. The molecule has 2 saturated carbocycles. The third-order valence-corrected chi connectivity index (χ3v) is 6.69. The van der Waals surface area contributed by atoms with Gasteiger partial charge in [-0.1, -0.05) is 32.3 Å². The summed E-state index contributed by atoms with van der Waals surface area (Å²) < 4.78 is 5.93. The molecule has 0 heterocycles. The van der Waals surface area contributed by atoms with Crippen molar-refractivity contribution in [2.24, 2.45) is 11.8 Å². The summed E-state index contributed by atoms with van der Waals surface area (Å²) in [5.41, 5.74) is 0.843. The second-order valence-corrected chi connectivity index (χ2v) is 8.42. The van der Waals surface area contributed by atoms with Crippen LogP contribution >= 0.6 is 0 Å². The van der Waals surface area contributed by atoms with E-state index in [1.54, 1.807) is 7.11 Å². The van der Waals surface area contributed by atoms with Gasteiger partial charge in [0.1, 0.15) is 0 Å². The molecular weight excluding hydrogens is 356 g/mol. The summed E-state index contributed by atoms with van der Waals surface area (Å²) in [5, 5.41) is 29.6. The highest BCUT2D eigenvalue weighted by Gasteiger charge is 2.58. The van der Waals surface area contributed by atoms with E-state index in [9.17, 15) is 15.0 Å². The van der Waals surface area contributed by atoms with Crippen molar-refractivity contribution in [3.8, 4) is 0 Å². The smallest absolute Gasteiger partial charge is 0.303 e. The third-order valence-electron chi connectivity index (χ3n) is 6.69. The van der Waals surface area contributed by atoms with E-state index in [-0.39, 0.29) is 30.0 Å². The number of carbonyl (C=O) groups is 1. The fourth-order valence-corrected chi connectivity index (χ4v) is 5.03. The molecule has 28 heavy (non-hydrogen) atoms. The maximum absolute atomic E-state index is 10.8. The number of methoxy groups -OCH3 is 1. The van der Waals surface area contributed by atoms with E-state index >= 15 is 0 Å². The Morgan fingerprint density at radius 2 is 2.00 bits per heavy atom. The number of aliphatic carboxylic acids is 1. The molecule has 2 aliphatic carbocycles. The Balaban J connectivity index is 1.90. The molecule has 5 heteroatoms. The molecule has 0 saturated heterocycles. The Kier molecular flexibility index (Phi) is 9.03. The van der Waals surface area contributed by atoms with Crippen molar-refractivity contribution in [2.45, 2.75) is 95.7 Å². The van der Waals surface area contributed by atoms with Crippen molar-refractivity contribution in [3.05, 3.63) is 23.5 Å². The normalized spacial score (nSPS) is 31.5. The Labute approximate surface area is 169 Å². The van der Waals surface area contributed by atoms with E-state index in [0.29, 0.717) is 25.0 Å². The summed E-state index contributed by atoms with van der Waals surface area (Å²) in [6.45, 7) is 2.19. The van der Waals surface area contributed by atoms with Crippen LogP contribution in [0, 0.1) is 11.8 Å². The monoisotopic (exact) mass is 394 g/mol. The van der Waals surface area contributed by atoms with Crippen molar-refractivity contribution in [1.82, 2.24) is 0 Å². The topological polar surface area (TPSA) is 87.0 Å². The van der Waals surface area contributed by atoms with Crippen LogP contribution in [0.1, 0.15) is 84.0 Å². The molecular formula is C23H38O5. The fourth-order valence-electron chi connectivity index (χ4n) is 5.03. The van der Waals surface area contributed by atoms with Crippen molar-refractivity contribution < 1.29 is 24.9 Å². The first-order valence-corrected chi connectivity index (χ1v) is 11.0. The molecule has 2 aliphatic rings. The summed E-state index contributed by atoms with van der Waals surface area (Å²) in [6, 6.07) is 0. The van der Waals surface area contributed by atoms with Gasteiger partial charge in [0.05, 0.1) is 17.5 Å². The Morgan fingerprint density at radius 1 is 1.21 bits per heavy atom. The highest BCUT2D eigenvalue weighted by Crippen LogP contribution is 2.58. The van der Waals surface area contributed by atoms with Crippen LogP contribution in [-0.4, -0.2) is 40.1 Å². The van der Waals surface area contributed by atoms with E-state index in [1.165, 1.54) is 24.8 Å². The van der Waals surface area contributed by atoms with Crippen LogP contribution in [0.5, 0.6) is 0 Å². The van der Waals surface area contributed by atoms with E-state index in [0.717, 1.165) is 32.1 Å². The SMILES string of the molecule is CCCCCCC=C(O)CC[C@H]1[C@H](O)CC[C@]2(OC)C(=CCCC(=O)O)C[C@H]12. The molecule has 0 aromatic rings. The van der Waals surface area contributed by atoms with Gasteiger partial charge in [-0.15, -0.1) is 0 Å². The largest absolute Gasteiger partial charge is 0.513 e. The van der Waals surface area contributed by atoms with E-state index in [4.69, 9.17) is 9.84 Å². The number of hydrogen-bond donors (Lipinski definition) is 3. The average Bonchev–Trinajstić information content (AvgIpc) is 2.65. The lowest BCUT2D eigenvalue weighted by molar-refractivity contribution is -0.153. The number of aliphatic hydroxyl groups excluding tert-OH is 2. The van der Waals surface area contributed by atoms with E-state index in [1.807, 2.05) is 12.2 Å². The van der Waals surface area contributed by atoms with E-state index < -0.39 is 5.97 Å². The molecule has 3 N–H and O–H groups in total. The number of allylic oxidation sites excluding steroid dienone is 3. The zero-order valence-electron chi connectivity index (χ0n) is 17.5. The summed E-state index contributed by atoms with van der Waals surface area (Å²) in [5.74, 6) is 0.0116. The van der Waals surface area contributed by atoms with Gasteiger partial charge in [0.25, 0.3) is 0 Å². The maximum Gasteiger partial charge on any atom is 0.303 e. The van der Waals surface area contributed by atoms with Gasteiger partial charge in [0.2, 0.25) is 0 Å². The van der Waals surface area contributed by atoms with Crippen LogP contribution in [0.4, 0.5) is 0 Å². The molecule has 5 nitrogen and oxygen atoms in total. The highest BCUT2D eigenvalue weighted by molar-refractivity contribution is 5.66. The van der Waals surface area contributed by atoms with Crippen molar-refractivity contribution in [3.63, 3.8) is 0 Å². The van der Waals surface area contributed by atoms with E-state index in [2.05, 4.69) is 6.92 Å². The van der Waals surface area contributed by atoms with Crippen LogP contribution in [0.3, 0.4) is 0 Å². The van der Waals surface area contributed by atoms with Gasteiger partial charge in [-0.2, -0.15) is 0 Å². The molecule has 0 aromatic carbocycles. The third kappa shape index (κ3) is 5.60. The van der Waals surface area contributed by atoms with Crippen LogP contribution in [0.15, 0.2) is 23.5 Å². The highest BCUT2D eigenvalue weighted by atomic mass is 16.5. The van der Waals surface area contributed by atoms with Crippen LogP contribution < -0.4 is 0 Å². The molecule has 0 radical (unpaired) electrons. The second kappa shape index (κ2) is 11.0. The molecule has 0 amide bonds. The fraction of sp³-hybridized carbons (Fsp3) is 0.783. The van der Waals surface area contributed by atoms with Crippen molar-refractivity contribution in [1.29, 1.82) is 0 Å². The molecule has 0 aliphatic heterocycles. The number of carboxylic acid groups (broad SMARTS) is 1.